The Bertz CT molecular complexity index is 737. The molecule has 1 aliphatic rings. The Hall–Kier alpha value is -2.60. The summed E-state index contributed by atoms with van der Waals surface area (Å²) in [4.78, 5) is 14.1. The maximum atomic E-state index is 13.9. The quantitative estimate of drug-likeness (QED) is 0.836. The van der Waals surface area contributed by atoms with Crippen LogP contribution in [0.15, 0.2) is 48.5 Å². The average molecular weight is 345 g/mol. The van der Waals surface area contributed by atoms with E-state index in [1.807, 2.05) is 12.1 Å². The summed E-state index contributed by atoms with van der Waals surface area (Å²) >= 11 is 0. The van der Waals surface area contributed by atoms with Crippen LogP contribution in [0.3, 0.4) is 0 Å². The maximum absolute atomic E-state index is 13.9. The van der Waals surface area contributed by atoms with Gasteiger partial charge in [-0.3, -0.25) is 4.79 Å². The van der Waals surface area contributed by atoms with Crippen molar-refractivity contribution in [2.75, 3.05) is 33.4 Å². The third-order valence-corrected chi connectivity index (χ3v) is 4.09. The van der Waals surface area contributed by atoms with Gasteiger partial charge in [0.15, 0.2) is 18.1 Å². The lowest BCUT2D eigenvalue weighted by atomic mass is 10.1. The van der Waals surface area contributed by atoms with Crippen molar-refractivity contribution in [3.05, 3.63) is 59.9 Å². The summed E-state index contributed by atoms with van der Waals surface area (Å²) in [6.07, 6.45) is -0.467. The molecule has 1 fully saturated rings. The molecule has 2 aromatic rings. The fraction of sp³-hybridized carbons (Fsp3) is 0.316. The number of halogens is 1. The van der Waals surface area contributed by atoms with Gasteiger partial charge >= 0.3 is 0 Å². The number of carbonyl (C=O) groups excluding carboxylic acids is 1. The molecule has 0 unspecified atom stereocenters. The Morgan fingerprint density at radius 1 is 1.20 bits per heavy atom. The van der Waals surface area contributed by atoms with E-state index in [0.717, 1.165) is 0 Å². The van der Waals surface area contributed by atoms with E-state index in [0.29, 0.717) is 36.8 Å². The Morgan fingerprint density at radius 2 is 1.92 bits per heavy atom. The van der Waals surface area contributed by atoms with Gasteiger partial charge in [-0.2, -0.15) is 0 Å². The van der Waals surface area contributed by atoms with E-state index in [1.165, 1.54) is 6.07 Å². The summed E-state index contributed by atoms with van der Waals surface area (Å²) in [6.45, 7) is 1.01. The van der Waals surface area contributed by atoms with E-state index in [-0.39, 0.29) is 18.3 Å². The number of para-hydroxylation sites is 2. The van der Waals surface area contributed by atoms with E-state index in [4.69, 9.17) is 14.2 Å². The second-order valence-electron chi connectivity index (χ2n) is 5.66. The second-order valence-corrected chi connectivity index (χ2v) is 5.66. The number of nitrogens with zero attached hydrogens (tertiary/aromatic N) is 1. The van der Waals surface area contributed by atoms with Gasteiger partial charge in [-0.1, -0.05) is 30.3 Å². The number of hydrogen-bond donors (Lipinski definition) is 0. The van der Waals surface area contributed by atoms with E-state index in [1.54, 1.807) is 42.3 Å². The predicted molar refractivity (Wildman–Crippen MR) is 90.2 cm³/mol. The number of amides is 1. The van der Waals surface area contributed by atoms with Crippen molar-refractivity contribution < 1.29 is 23.4 Å². The van der Waals surface area contributed by atoms with Crippen molar-refractivity contribution >= 4 is 5.91 Å². The minimum absolute atomic E-state index is 0.107. The van der Waals surface area contributed by atoms with Gasteiger partial charge in [0.2, 0.25) is 0 Å². The monoisotopic (exact) mass is 345 g/mol. The Morgan fingerprint density at radius 3 is 2.68 bits per heavy atom. The largest absolute Gasteiger partial charge is 0.493 e. The molecule has 3 rings (SSSR count). The van der Waals surface area contributed by atoms with Gasteiger partial charge in [0.1, 0.15) is 11.9 Å². The minimum Gasteiger partial charge on any atom is -0.493 e. The first kappa shape index (κ1) is 17.2. The molecular formula is C19H20FNO4. The van der Waals surface area contributed by atoms with Gasteiger partial charge < -0.3 is 19.1 Å². The molecule has 0 radical (unpaired) electrons. The summed E-state index contributed by atoms with van der Waals surface area (Å²) in [5, 5.41) is 0. The molecule has 0 saturated carbocycles. The van der Waals surface area contributed by atoms with Crippen LogP contribution in [-0.2, 0) is 9.53 Å². The number of morpholine rings is 1. The lowest BCUT2D eigenvalue weighted by Crippen LogP contribution is -2.44. The van der Waals surface area contributed by atoms with E-state index >= 15 is 0 Å². The molecule has 132 valence electrons. The summed E-state index contributed by atoms with van der Waals surface area (Å²) in [5.74, 6) is 0.585. The number of hydrogen-bond acceptors (Lipinski definition) is 4. The average Bonchev–Trinajstić information content (AvgIpc) is 2.66. The molecule has 1 heterocycles. The number of rotatable bonds is 5. The van der Waals surface area contributed by atoms with Gasteiger partial charge in [0, 0.05) is 12.1 Å². The maximum Gasteiger partial charge on any atom is 0.260 e. The van der Waals surface area contributed by atoms with Crippen molar-refractivity contribution in [1.82, 2.24) is 4.90 Å². The van der Waals surface area contributed by atoms with Crippen molar-refractivity contribution in [3.63, 3.8) is 0 Å². The normalized spacial score (nSPS) is 17.2. The highest BCUT2D eigenvalue weighted by atomic mass is 19.1. The van der Waals surface area contributed by atoms with Crippen molar-refractivity contribution in [3.8, 4) is 11.5 Å². The molecule has 1 amide bonds. The van der Waals surface area contributed by atoms with Crippen molar-refractivity contribution in [1.29, 1.82) is 0 Å². The predicted octanol–water partition coefficient (Wildman–Crippen LogP) is 2.81. The van der Waals surface area contributed by atoms with Crippen LogP contribution in [0, 0.1) is 5.82 Å². The van der Waals surface area contributed by atoms with Gasteiger partial charge in [-0.15, -0.1) is 0 Å². The van der Waals surface area contributed by atoms with Crippen LogP contribution in [0.2, 0.25) is 0 Å². The molecule has 5 nitrogen and oxygen atoms in total. The molecule has 0 spiro atoms. The lowest BCUT2D eigenvalue weighted by Gasteiger charge is -2.33. The topological polar surface area (TPSA) is 48.0 Å². The molecule has 0 aromatic heterocycles. The fourth-order valence-electron chi connectivity index (χ4n) is 2.77. The summed E-state index contributed by atoms with van der Waals surface area (Å²) < 4.78 is 30.3. The zero-order chi connectivity index (χ0) is 17.6. The summed E-state index contributed by atoms with van der Waals surface area (Å²) in [6, 6.07) is 13.6. The molecule has 0 bridgehead atoms. The molecule has 25 heavy (non-hydrogen) atoms. The highest BCUT2D eigenvalue weighted by Gasteiger charge is 2.27. The first-order valence-corrected chi connectivity index (χ1v) is 8.08. The summed E-state index contributed by atoms with van der Waals surface area (Å²) in [7, 11) is 1.55. The smallest absolute Gasteiger partial charge is 0.260 e. The van der Waals surface area contributed by atoms with Gasteiger partial charge in [0.25, 0.3) is 5.91 Å². The molecular weight excluding hydrogens is 325 g/mol. The van der Waals surface area contributed by atoms with Crippen LogP contribution in [0.4, 0.5) is 4.39 Å². The molecule has 0 N–H and O–H groups in total. The zero-order valence-corrected chi connectivity index (χ0v) is 14.0. The molecule has 1 atom stereocenters. The van der Waals surface area contributed by atoms with Crippen LogP contribution >= 0.6 is 0 Å². The molecule has 1 aliphatic heterocycles. The Labute approximate surface area is 145 Å². The fourth-order valence-corrected chi connectivity index (χ4v) is 2.77. The molecule has 1 saturated heterocycles. The highest BCUT2D eigenvalue weighted by Crippen LogP contribution is 2.27. The van der Waals surface area contributed by atoms with Crippen molar-refractivity contribution in [2.45, 2.75) is 6.10 Å². The zero-order valence-electron chi connectivity index (χ0n) is 14.0. The van der Waals surface area contributed by atoms with E-state index in [9.17, 15) is 9.18 Å². The Balaban J connectivity index is 1.61. The van der Waals surface area contributed by atoms with Crippen LogP contribution in [0.1, 0.15) is 11.7 Å². The molecule has 6 heteroatoms. The minimum atomic E-state index is -0.467. The standard InChI is InChI=1S/C19H20FNO4/c1-23-16-8-4-5-9-17(16)25-13-19(22)21-10-11-24-18(12-21)14-6-2-3-7-15(14)20/h2-9,18H,10-13H2,1H3/t18-/m0/s1. The van der Waals surface area contributed by atoms with Crippen LogP contribution in [0.5, 0.6) is 11.5 Å². The lowest BCUT2D eigenvalue weighted by molar-refractivity contribution is -0.141. The first-order valence-electron chi connectivity index (χ1n) is 8.08. The third-order valence-electron chi connectivity index (χ3n) is 4.09. The van der Waals surface area contributed by atoms with Gasteiger partial charge in [-0.25, -0.2) is 4.39 Å². The molecule has 0 aliphatic carbocycles. The van der Waals surface area contributed by atoms with Gasteiger partial charge in [-0.05, 0) is 18.2 Å². The SMILES string of the molecule is COc1ccccc1OCC(=O)N1CCO[C@H](c2ccccc2F)C1. The number of benzene rings is 2. The van der Waals surface area contributed by atoms with Crippen LogP contribution in [-0.4, -0.2) is 44.2 Å². The van der Waals surface area contributed by atoms with Crippen molar-refractivity contribution in [2.24, 2.45) is 0 Å². The number of methoxy groups -OCH3 is 1. The van der Waals surface area contributed by atoms with E-state index < -0.39 is 6.10 Å². The summed E-state index contributed by atoms with van der Waals surface area (Å²) in [5.41, 5.74) is 0.464. The number of carbonyl (C=O) groups is 1. The van der Waals surface area contributed by atoms with Crippen LogP contribution in [0.25, 0.3) is 0 Å². The third kappa shape index (κ3) is 4.09. The van der Waals surface area contributed by atoms with Crippen LogP contribution < -0.4 is 9.47 Å². The highest BCUT2D eigenvalue weighted by molar-refractivity contribution is 5.78. The first-order chi connectivity index (χ1) is 12.2. The number of ether oxygens (including phenoxy) is 3. The Kier molecular flexibility index (Phi) is 5.50. The van der Waals surface area contributed by atoms with E-state index in [2.05, 4.69) is 0 Å². The second kappa shape index (κ2) is 7.98. The molecule has 2 aromatic carbocycles. The van der Waals surface area contributed by atoms with Gasteiger partial charge in [0.05, 0.1) is 20.3 Å².